The number of nitrogens with zero attached hydrogens (tertiary/aromatic N) is 4. The largest absolute Gasteiger partial charge is 0.355 e. The second kappa shape index (κ2) is 8.37. The Hall–Kier alpha value is -2.29. The van der Waals surface area contributed by atoms with Crippen molar-refractivity contribution in [1.29, 1.82) is 0 Å². The number of thioether (sulfide) groups is 1. The number of rotatable bonds is 8. The van der Waals surface area contributed by atoms with Crippen LogP contribution in [0.15, 0.2) is 36.0 Å². The van der Waals surface area contributed by atoms with Crippen LogP contribution in [0.1, 0.15) is 5.56 Å². The molecule has 122 valence electrons. The Morgan fingerprint density at radius 1 is 1.39 bits per heavy atom. The third kappa shape index (κ3) is 4.85. The van der Waals surface area contributed by atoms with Gasteiger partial charge in [0.2, 0.25) is 11.1 Å². The van der Waals surface area contributed by atoms with E-state index in [1.807, 2.05) is 0 Å². The molecular formula is C14H15F2N5OS. The Morgan fingerprint density at radius 2 is 2.13 bits per heavy atom. The van der Waals surface area contributed by atoms with E-state index in [9.17, 15) is 13.6 Å². The summed E-state index contributed by atoms with van der Waals surface area (Å²) >= 11 is 1.17. The molecule has 1 aromatic heterocycles. The monoisotopic (exact) mass is 339 g/mol. The maximum Gasteiger partial charge on any atom is 0.230 e. The van der Waals surface area contributed by atoms with Crippen LogP contribution in [-0.2, 0) is 17.8 Å². The van der Waals surface area contributed by atoms with Crippen LogP contribution in [0.25, 0.3) is 0 Å². The summed E-state index contributed by atoms with van der Waals surface area (Å²) in [4.78, 5) is 11.8. The summed E-state index contributed by atoms with van der Waals surface area (Å²) in [6.45, 7) is 4.18. The van der Waals surface area contributed by atoms with Gasteiger partial charge in [0.25, 0.3) is 0 Å². The quantitative estimate of drug-likeness (QED) is 0.584. The molecule has 0 saturated carbocycles. The van der Waals surface area contributed by atoms with Crippen LogP contribution in [0, 0.1) is 11.6 Å². The van der Waals surface area contributed by atoms with Gasteiger partial charge in [-0.25, -0.2) is 13.5 Å². The minimum absolute atomic E-state index is 0.0321. The SMILES string of the molecule is C=CCn1nnnc1SCC(=O)NCCc1c(F)cccc1F. The first-order valence-electron chi connectivity index (χ1n) is 6.81. The van der Waals surface area contributed by atoms with Crippen molar-refractivity contribution < 1.29 is 13.6 Å². The highest BCUT2D eigenvalue weighted by atomic mass is 32.2. The summed E-state index contributed by atoms with van der Waals surface area (Å²) in [5.74, 6) is -1.38. The molecule has 6 nitrogen and oxygen atoms in total. The highest BCUT2D eigenvalue weighted by Crippen LogP contribution is 2.14. The van der Waals surface area contributed by atoms with Crippen LogP contribution in [0.3, 0.4) is 0 Å². The lowest BCUT2D eigenvalue weighted by Crippen LogP contribution is -2.27. The molecule has 0 aliphatic rings. The second-order valence-electron chi connectivity index (χ2n) is 4.52. The highest BCUT2D eigenvalue weighted by molar-refractivity contribution is 7.99. The minimum Gasteiger partial charge on any atom is -0.355 e. The summed E-state index contributed by atoms with van der Waals surface area (Å²) in [6, 6.07) is 3.68. The Kier molecular flexibility index (Phi) is 6.21. The number of carbonyl (C=O) groups is 1. The van der Waals surface area contributed by atoms with E-state index in [0.717, 1.165) is 0 Å². The molecule has 0 aliphatic carbocycles. The molecule has 0 spiro atoms. The van der Waals surface area contributed by atoms with Gasteiger partial charge in [-0.15, -0.1) is 11.7 Å². The van der Waals surface area contributed by atoms with Crippen molar-refractivity contribution in [1.82, 2.24) is 25.5 Å². The van der Waals surface area contributed by atoms with Gasteiger partial charge in [0, 0.05) is 12.1 Å². The number of carbonyl (C=O) groups excluding carboxylic acids is 1. The van der Waals surface area contributed by atoms with Crippen molar-refractivity contribution in [2.24, 2.45) is 0 Å². The lowest BCUT2D eigenvalue weighted by atomic mass is 10.1. The van der Waals surface area contributed by atoms with Gasteiger partial charge in [-0.05, 0) is 29.0 Å². The van der Waals surface area contributed by atoms with Crippen molar-refractivity contribution in [2.45, 2.75) is 18.1 Å². The van der Waals surface area contributed by atoms with E-state index >= 15 is 0 Å². The Balaban J connectivity index is 1.77. The zero-order valence-electron chi connectivity index (χ0n) is 12.2. The Labute approximate surface area is 136 Å². The molecule has 23 heavy (non-hydrogen) atoms. The molecule has 0 saturated heterocycles. The first-order valence-corrected chi connectivity index (χ1v) is 7.80. The van der Waals surface area contributed by atoms with Crippen molar-refractivity contribution >= 4 is 17.7 Å². The molecule has 0 atom stereocenters. The van der Waals surface area contributed by atoms with Gasteiger partial charge in [-0.2, -0.15) is 0 Å². The first-order chi connectivity index (χ1) is 11.1. The van der Waals surface area contributed by atoms with Crippen LogP contribution in [-0.4, -0.2) is 38.4 Å². The fraction of sp³-hybridized carbons (Fsp3) is 0.286. The van der Waals surface area contributed by atoms with Gasteiger partial charge in [-0.1, -0.05) is 23.9 Å². The lowest BCUT2D eigenvalue weighted by molar-refractivity contribution is -0.118. The Morgan fingerprint density at radius 3 is 2.83 bits per heavy atom. The van der Waals surface area contributed by atoms with Crippen molar-refractivity contribution in [3.63, 3.8) is 0 Å². The molecule has 2 rings (SSSR count). The molecule has 0 aliphatic heterocycles. The molecule has 0 bridgehead atoms. The molecule has 9 heteroatoms. The zero-order valence-corrected chi connectivity index (χ0v) is 13.0. The van der Waals surface area contributed by atoms with E-state index < -0.39 is 11.6 Å². The molecule has 1 heterocycles. The molecule has 1 N–H and O–H groups in total. The summed E-state index contributed by atoms with van der Waals surface area (Å²) < 4.78 is 28.4. The number of hydrogen-bond acceptors (Lipinski definition) is 5. The van der Waals surface area contributed by atoms with Gasteiger partial charge < -0.3 is 5.32 Å². The summed E-state index contributed by atoms with van der Waals surface area (Å²) in [5, 5.41) is 14.2. The zero-order chi connectivity index (χ0) is 16.7. The van der Waals surface area contributed by atoms with E-state index in [2.05, 4.69) is 27.4 Å². The number of halogens is 2. The normalized spacial score (nSPS) is 10.5. The van der Waals surface area contributed by atoms with Gasteiger partial charge in [0.15, 0.2) is 0 Å². The summed E-state index contributed by atoms with van der Waals surface area (Å²) in [6.07, 6.45) is 1.73. The van der Waals surface area contributed by atoms with E-state index in [1.54, 1.807) is 6.08 Å². The van der Waals surface area contributed by atoms with Crippen LogP contribution >= 0.6 is 11.8 Å². The van der Waals surface area contributed by atoms with E-state index in [4.69, 9.17) is 0 Å². The maximum absolute atomic E-state index is 13.4. The van der Waals surface area contributed by atoms with Crippen molar-refractivity contribution in [3.8, 4) is 0 Å². The smallest absolute Gasteiger partial charge is 0.230 e. The number of nitrogens with one attached hydrogen (secondary N) is 1. The summed E-state index contributed by atoms with van der Waals surface area (Å²) in [7, 11) is 0. The number of amides is 1. The van der Waals surface area contributed by atoms with Crippen LogP contribution in [0.2, 0.25) is 0 Å². The minimum atomic E-state index is -0.614. The highest BCUT2D eigenvalue weighted by Gasteiger charge is 2.11. The van der Waals surface area contributed by atoms with Gasteiger partial charge in [0.1, 0.15) is 11.6 Å². The molecule has 1 amide bonds. The third-order valence-electron chi connectivity index (χ3n) is 2.89. The summed E-state index contributed by atoms with van der Waals surface area (Å²) in [5.41, 5.74) is -0.0321. The molecule has 0 fully saturated rings. The predicted molar refractivity (Wildman–Crippen MR) is 81.8 cm³/mol. The van der Waals surface area contributed by atoms with Crippen LogP contribution in [0.4, 0.5) is 8.78 Å². The van der Waals surface area contributed by atoms with E-state index in [1.165, 1.54) is 34.6 Å². The Bertz CT molecular complexity index is 671. The van der Waals surface area contributed by atoms with Gasteiger partial charge >= 0.3 is 0 Å². The van der Waals surface area contributed by atoms with E-state index in [-0.39, 0.29) is 30.2 Å². The number of benzene rings is 1. The molecular weight excluding hydrogens is 324 g/mol. The predicted octanol–water partition coefficient (Wildman–Crippen LogP) is 1.59. The third-order valence-corrected chi connectivity index (χ3v) is 3.85. The topological polar surface area (TPSA) is 72.7 Å². The molecule has 2 aromatic rings. The molecule has 0 radical (unpaired) electrons. The van der Waals surface area contributed by atoms with Crippen molar-refractivity contribution in [2.75, 3.05) is 12.3 Å². The molecule has 1 aromatic carbocycles. The van der Waals surface area contributed by atoms with Crippen LogP contribution < -0.4 is 5.32 Å². The standard InChI is InChI=1S/C14H15F2N5OS/c1-2-8-21-14(18-19-20-21)23-9-13(22)17-7-6-10-11(15)4-3-5-12(10)16/h2-5H,1,6-9H2,(H,17,22). The van der Waals surface area contributed by atoms with Gasteiger partial charge in [-0.3, -0.25) is 4.79 Å². The van der Waals surface area contributed by atoms with E-state index in [0.29, 0.717) is 11.7 Å². The maximum atomic E-state index is 13.4. The average Bonchev–Trinajstić information content (AvgIpc) is 2.96. The lowest BCUT2D eigenvalue weighted by Gasteiger charge is -2.07. The van der Waals surface area contributed by atoms with Gasteiger partial charge in [0.05, 0.1) is 12.3 Å². The van der Waals surface area contributed by atoms with Crippen molar-refractivity contribution in [3.05, 3.63) is 48.1 Å². The fourth-order valence-corrected chi connectivity index (χ4v) is 2.53. The first kappa shape index (κ1) is 17.1. The number of aromatic nitrogens is 4. The number of allylic oxidation sites excluding steroid dienone is 1. The van der Waals surface area contributed by atoms with Crippen LogP contribution in [0.5, 0.6) is 0 Å². The molecule has 0 unspecified atom stereocenters. The fourth-order valence-electron chi connectivity index (χ4n) is 1.82. The number of tetrazole rings is 1. The number of hydrogen-bond donors (Lipinski definition) is 1. The second-order valence-corrected chi connectivity index (χ2v) is 5.46. The average molecular weight is 339 g/mol.